The number of hydrogen-bond acceptors (Lipinski definition) is 5. The molecule has 6 heteroatoms. The van der Waals surface area contributed by atoms with E-state index in [9.17, 15) is 0 Å². The third kappa shape index (κ3) is 2.77. The first-order valence-corrected chi connectivity index (χ1v) is 8.78. The summed E-state index contributed by atoms with van der Waals surface area (Å²) in [6, 6.07) is 10.1. The first-order chi connectivity index (χ1) is 12.5. The molecule has 4 aromatic rings. The maximum absolute atomic E-state index is 5.37. The Morgan fingerprint density at radius 3 is 2.65 bits per heavy atom. The second-order valence-corrected chi connectivity index (χ2v) is 6.91. The summed E-state index contributed by atoms with van der Waals surface area (Å²) in [6.45, 7) is 8.15. The van der Waals surface area contributed by atoms with Gasteiger partial charge in [-0.05, 0) is 31.9 Å². The van der Waals surface area contributed by atoms with E-state index in [0.29, 0.717) is 5.92 Å². The summed E-state index contributed by atoms with van der Waals surface area (Å²) in [7, 11) is 0. The van der Waals surface area contributed by atoms with E-state index in [1.54, 1.807) is 6.20 Å². The van der Waals surface area contributed by atoms with Crippen LogP contribution in [-0.2, 0) is 6.42 Å². The summed E-state index contributed by atoms with van der Waals surface area (Å²) in [5.74, 6) is 2.76. The molecule has 0 saturated carbocycles. The summed E-state index contributed by atoms with van der Waals surface area (Å²) in [6.07, 6.45) is 2.61. The zero-order valence-electron chi connectivity index (χ0n) is 15.4. The maximum atomic E-state index is 5.37. The lowest BCUT2D eigenvalue weighted by Crippen LogP contribution is -2.03. The summed E-state index contributed by atoms with van der Waals surface area (Å²) in [5, 5.41) is 9.96. The number of aromatic nitrogens is 5. The number of nitrogens with zero attached hydrogens (tertiary/aromatic N) is 5. The monoisotopic (exact) mass is 347 g/mol. The van der Waals surface area contributed by atoms with E-state index in [1.165, 1.54) is 0 Å². The van der Waals surface area contributed by atoms with Crippen molar-refractivity contribution in [2.24, 2.45) is 5.92 Å². The number of hydrogen-bond donors (Lipinski definition) is 0. The molecule has 3 heterocycles. The molecule has 0 radical (unpaired) electrons. The lowest BCUT2D eigenvalue weighted by Gasteiger charge is -2.08. The van der Waals surface area contributed by atoms with Crippen LogP contribution in [0.15, 0.2) is 41.1 Å². The fourth-order valence-electron chi connectivity index (χ4n) is 3.20. The predicted molar refractivity (Wildman–Crippen MR) is 100 cm³/mol. The largest absolute Gasteiger partial charge is 0.361 e. The van der Waals surface area contributed by atoms with Gasteiger partial charge in [0.2, 0.25) is 0 Å². The Hall–Kier alpha value is -3.02. The van der Waals surface area contributed by atoms with E-state index in [2.05, 4.69) is 24.0 Å². The van der Waals surface area contributed by atoms with Gasteiger partial charge in [0.15, 0.2) is 11.6 Å². The van der Waals surface area contributed by atoms with Crippen molar-refractivity contribution >= 4 is 10.9 Å². The zero-order valence-corrected chi connectivity index (χ0v) is 15.4. The van der Waals surface area contributed by atoms with Crippen molar-refractivity contribution < 1.29 is 4.52 Å². The molecule has 3 aromatic heterocycles. The highest BCUT2D eigenvalue weighted by atomic mass is 16.5. The SMILES string of the molecule is Cc1noc(C)c1-c1nc(CC(C)C)nn1-c1cccc2cccnc12. The molecular formula is C20H21N5O. The molecule has 0 aliphatic carbocycles. The predicted octanol–water partition coefficient (Wildman–Crippen LogP) is 4.29. The van der Waals surface area contributed by atoms with Gasteiger partial charge in [0.1, 0.15) is 5.76 Å². The molecule has 1 aromatic carbocycles. The maximum Gasteiger partial charge on any atom is 0.169 e. The van der Waals surface area contributed by atoms with E-state index in [1.807, 2.05) is 48.9 Å². The van der Waals surface area contributed by atoms with E-state index >= 15 is 0 Å². The molecule has 0 bridgehead atoms. The minimum Gasteiger partial charge on any atom is -0.361 e. The number of benzene rings is 1. The molecule has 4 rings (SSSR count). The Morgan fingerprint density at radius 1 is 1.12 bits per heavy atom. The van der Waals surface area contributed by atoms with Crippen LogP contribution in [0.2, 0.25) is 0 Å². The highest BCUT2D eigenvalue weighted by Gasteiger charge is 2.22. The van der Waals surface area contributed by atoms with Crippen LogP contribution in [0.1, 0.15) is 31.1 Å². The fourth-order valence-corrected chi connectivity index (χ4v) is 3.20. The van der Waals surface area contributed by atoms with E-state index < -0.39 is 0 Å². The van der Waals surface area contributed by atoms with Gasteiger partial charge in [-0.25, -0.2) is 9.67 Å². The van der Waals surface area contributed by atoms with Crippen molar-refractivity contribution in [3.8, 4) is 17.1 Å². The smallest absolute Gasteiger partial charge is 0.169 e. The highest BCUT2D eigenvalue weighted by molar-refractivity contribution is 5.86. The average Bonchev–Trinajstić information content (AvgIpc) is 3.16. The molecule has 26 heavy (non-hydrogen) atoms. The first kappa shape index (κ1) is 16.4. The van der Waals surface area contributed by atoms with Crippen LogP contribution in [0.4, 0.5) is 0 Å². The van der Waals surface area contributed by atoms with Crippen molar-refractivity contribution in [1.29, 1.82) is 0 Å². The van der Waals surface area contributed by atoms with Gasteiger partial charge in [0.05, 0.1) is 22.5 Å². The second kappa shape index (κ2) is 6.37. The normalized spacial score (nSPS) is 11.6. The number of fused-ring (bicyclic) bond motifs is 1. The minimum absolute atomic E-state index is 0.467. The standard InChI is InChI=1S/C20H21N5O/c1-12(2)11-17-22-20(18-13(3)24-26-14(18)4)25(23-17)16-9-5-7-15-8-6-10-21-19(15)16/h5-10,12H,11H2,1-4H3. The van der Waals surface area contributed by atoms with Crippen molar-refractivity contribution in [1.82, 2.24) is 24.9 Å². The van der Waals surface area contributed by atoms with Crippen LogP contribution < -0.4 is 0 Å². The van der Waals surface area contributed by atoms with Gasteiger partial charge in [-0.2, -0.15) is 5.10 Å². The topological polar surface area (TPSA) is 69.6 Å². The molecule has 0 atom stereocenters. The van der Waals surface area contributed by atoms with Gasteiger partial charge in [0, 0.05) is 18.0 Å². The van der Waals surface area contributed by atoms with Crippen LogP contribution in [0, 0.1) is 19.8 Å². The molecule has 0 spiro atoms. The average molecular weight is 347 g/mol. The molecule has 0 amide bonds. The Kier molecular flexibility index (Phi) is 4.03. The number of pyridine rings is 1. The Bertz CT molecular complexity index is 1050. The van der Waals surface area contributed by atoms with Crippen LogP contribution in [0.5, 0.6) is 0 Å². The van der Waals surface area contributed by atoms with Crippen LogP contribution in [-0.4, -0.2) is 24.9 Å². The van der Waals surface area contributed by atoms with E-state index in [0.717, 1.165) is 51.7 Å². The number of aryl methyl sites for hydroxylation is 2. The molecule has 0 aliphatic heterocycles. The zero-order chi connectivity index (χ0) is 18.3. The van der Waals surface area contributed by atoms with Crippen LogP contribution in [0.25, 0.3) is 28.0 Å². The van der Waals surface area contributed by atoms with Gasteiger partial charge in [-0.1, -0.05) is 37.2 Å². The molecular weight excluding hydrogens is 326 g/mol. The molecule has 0 saturated heterocycles. The lowest BCUT2D eigenvalue weighted by atomic mass is 10.1. The molecule has 0 aliphatic rings. The fraction of sp³-hybridized carbons (Fsp3) is 0.300. The summed E-state index contributed by atoms with van der Waals surface area (Å²) in [5.41, 5.74) is 3.49. The van der Waals surface area contributed by atoms with E-state index in [-0.39, 0.29) is 0 Å². The molecule has 0 N–H and O–H groups in total. The van der Waals surface area contributed by atoms with Crippen LogP contribution in [0.3, 0.4) is 0 Å². The molecule has 0 unspecified atom stereocenters. The van der Waals surface area contributed by atoms with Crippen molar-refractivity contribution in [3.63, 3.8) is 0 Å². The molecule has 132 valence electrons. The Labute approximate surface area is 151 Å². The van der Waals surface area contributed by atoms with Crippen molar-refractivity contribution in [2.45, 2.75) is 34.1 Å². The number of rotatable bonds is 4. The van der Waals surface area contributed by atoms with Crippen LogP contribution >= 0.6 is 0 Å². The Morgan fingerprint density at radius 2 is 1.92 bits per heavy atom. The first-order valence-electron chi connectivity index (χ1n) is 8.78. The third-order valence-corrected chi connectivity index (χ3v) is 4.34. The Balaban J connectivity index is 1.99. The van der Waals surface area contributed by atoms with Gasteiger partial charge < -0.3 is 4.52 Å². The highest BCUT2D eigenvalue weighted by Crippen LogP contribution is 2.30. The summed E-state index contributed by atoms with van der Waals surface area (Å²) in [4.78, 5) is 9.39. The molecule has 6 nitrogen and oxygen atoms in total. The van der Waals surface area contributed by atoms with Crippen molar-refractivity contribution in [3.05, 3.63) is 53.8 Å². The summed E-state index contributed by atoms with van der Waals surface area (Å²) >= 11 is 0. The summed E-state index contributed by atoms with van der Waals surface area (Å²) < 4.78 is 7.25. The van der Waals surface area contributed by atoms with Gasteiger partial charge >= 0.3 is 0 Å². The molecule has 0 fully saturated rings. The lowest BCUT2D eigenvalue weighted by molar-refractivity contribution is 0.393. The second-order valence-electron chi connectivity index (χ2n) is 6.91. The van der Waals surface area contributed by atoms with Gasteiger partial charge in [-0.3, -0.25) is 4.98 Å². The minimum atomic E-state index is 0.467. The quantitative estimate of drug-likeness (QED) is 0.551. The van der Waals surface area contributed by atoms with Gasteiger partial charge in [-0.15, -0.1) is 0 Å². The number of para-hydroxylation sites is 1. The van der Waals surface area contributed by atoms with E-state index in [4.69, 9.17) is 14.6 Å². The van der Waals surface area contributed by atoms with Crippen molar-refractivity contribution in [2.75, 3.05) is 0 Å². The van der Waals surface area contributed by atoms with Gasteiger partial charge in [0.25, 0.3) is 0 Å². The third-order valence-electron chi connectivity index (χ3n) is 4.34.